The molecule has 0 aromatic carbocycles. The standard InChI is InChI=1S/C9H14N2O2/c1-12-7-4-8(13-2)11-9(10)6-3-5(6)7/h4-6,9H,3,10H2,1-2H3/t5?,6-,9?/m0/s1. The monoisotopic (exact) mass is 182 g/mol. The zero-order valence-corrected chi connectivity index (χ0v) is 7.86. The van der Waals surface area contributed by atoms with Crippen molar-refractivity contribution < 1.29 is 9.47 Å². The molecule has 3 atom stereocenters. The molecule has 1 heterocycles. The van der Waals surface area contributed by atoms with Crippen LogP contribution in [-0.4, -0.2) is 26.3 Å². The van der Waals surface area contributed by atoms with Crippen LogP contribution in [0.1, 0.15) is 6.42 Å². The molecule has 2 N–H and O–H groups in total. The van der Waals surface area contributed by atoms with Crippen molar-refractivity contribution >= 4 is 5.90 Å². The third-order valence-electron chi connectivity index (χ3n) is 2.63. The molecule has 0 amide bonds. The van der Waals surface area contributed by atoms with Crippen LogP contribution in [-0.2, 0) is 9.47 Å². The highest BCUT2D eigenvalue weighted by molar-refractivity contribution is 5.88. The second kappa shape index (κ2) is 3.03. The van der Waals surface area contributed by atoms with Crippen molar-refractivity contribution in [3.63, 3.8) is 0 Å². The zero-order chi connectivity index (χ0) is 9.42. The molecule has 1 aliphatic heterocycles. The molecule has 2 unspecified atom stereocenters. The maximum absolute atomic E-state index is 5.85. The first-order valence-electron chi connectivity index (χ1n) is 4.39. The summed E-state index contributed by atoms with van der Waals surface area (Å²) in [7, 11) is 3.26. The molecule has 0 bridgehead atoms. The van der Waals surface area contributed by atoms with Crippen LogP contribution in [0, 0.1) is 11.8 Å². The van der Waals surface area contributed by atoms with E-state index in [1.165, 1.54) is 0 Å². The van der Waals surface area contributed by atoms with Gasteiger partial charge in [-0.1, -0.05) is 0 Å². The molecule has 0 aromatic heterocycles. The Kier molecular flexibility index (Phi) is 2.00. The molecule has 0 spiro atoms. The molecular formula is C9H14N2O2. The molecule has 72 valence electrons. The number of methoxy groups -OCH3 is 2. The van der Waals surface area contributed by atoms with Crippen molar-refractivity contribution in [3.05, 3.63) is 11.8 Å². The van der Waals surface area contributed by atoms with Crippen molar-refractivity contribution in [2.75, 3.05) is 14.2 Å². The van der Waals surface area contributed by atoms with Gasteiger partial charge in [0.25, 0.3) is 0 Å². The number of hydrogen-bond donors (Lipinski definition) is 1. The Balaban J connectivity index is 2.23. The van der Waals surface area contributed by atoms with Crippen LogP contribution in [0.2, 0.25) is 0 Å². The summed E-state index contributed by atoms with van der Waals surface area (Å²) in [6.45, 7) is 0. The van der Waals surface area contributed by atoms with Crippen LogP contribution < -0.4 is 5.73 Å². The van der Waals surface area contributed by atoms with Gasteiger partial charge in [-0.3, -0.25) is 0 Å². The van der Waals surface area contributed by atoms with Gasteiger partial charge in [0.2, 0.25) is 5.90 Å². The van der Waals surface area contributed by atoms with Crippen LogP contribution >= 0.6 is 0 Å². The number of aliphatic imine (C=N–C) groups is 1. The average Bonchev–Trinajstić information content (AvgIpc) is 2.89. The Morgan fingerprint density at radius 3 is 2.85 bits per heavy atom. The largest absolute Gasteiger partial charge is 0.501 e. The highest BCUT2D eigenvalue weighted by Gasteiger charge is 2.46. The first kappa shape index (κ1) is 8.56. The van der Waals surface area contributed by atoms with Crippen molar-refractivity contribution in [3.8, 4) is 0 Å². The van der Waals surface area contributed by atoms with E-state index in [-0.39, 0.29) is 6.17 Å². The number of rotatable bonds is 1. The number of ether oxygens (including phenoxy) is 2. The number of fused-ring (bicyclic) bond motifs is 1. The molecule has 0 radical (unpaired) electrons. The fourth-order valence-corrected chi connectivity index (χ4v) is 1.75. The molecule has 1 aliphatic carbocycles. The predicted octanol–water partition coefficient (Wildman–Crippen LogP) is 0.496. The van der Waals surface area contributed by atoms with Crippen molar-refractivity contribution in [2.24, 2.45) is 22.6 Å². The van der Waals surface area contributed by atoms with Gasteiger partial charge in [-0.25, -0.2) is 4.99 Å². The minimum Gasteiger partial charge on any atom is -0.501 e. The van der Waals surface area contributed by atoms with Crippen LogP contribution in [0.4, 0.5) is 0 Å². The lowest BCUT2D eigenvalue weighted by molar-refractivity contribution is 0.265. The number of allylic oxidation sites excluding steroid dienone is 1. The lowest BCUT2D eigenvalue weighted by Crippen LogP contribution is -2.21. The molecule has 13 heavy (non-hydrogen) atoms. The SMILES string of the molecule is COC1=CC(OC)=NC(N)[C@H]2CC12. The summed E-state index contributed by atoms with van der Waals surface area (Å²) in [5, 5.41) is 0. The molecular weight excluding hydrogens is 168 g/mol. The highest BCUT2D eigenvalue weighted by Crippen LogP contribution is 2.47. The third kappa shape index (κ3) is 1.42. The van der Waals surface area contributed by atoms with E-state index in [0.29, 0.717) is 17.7 Å². The minimum absolute atomic E-state index is 0.135. The maximum atomic E-state index is 5.85. The Labute approximate surface area is 77.4 Å². The maximum Gasteiger partial charge on any atom is 0.213 e. The number of nitrogens with zero attached hydrogens (tertiary/aromatic N) is 1. The van der Waals surface area contributed by atoms with Crippen molar-refractivity contribution in [1.82, 2.24) is 0 Å². The summed E-state index contributed by atoms with van der Waals surface area (Å²) >= 11 is 0. The smallest absolute Gasteiger partial charge is 0.213 e. The molecule has 4 nitrogen and oxygen atoms in total. The number of hydrogen-bond acceptors (Lipinski definition) is 4. The quantitative estimate of drug-likeness (QED) is 0.642. The van der Waals surface area contributed by atoms with E-state index in [2.05, 4.69) is 4.99 Å². The Hall–Kier alpha value is -1.03. The normalized spacial score (nSPS) is 36.7. The summed E-state index contributed by atoms with van der Waals surface area (Å²) in [4.78, 5) is 4.23. The second-order valence-corrected chi connectivity index (χ2v) is 3.42. The molecule has 2 aliphatic rings. The van der Waals surface area contributed by atoms with Crippen LogP contribution in [0.25, 0.3) is 0 Å². The van der Waals surface area contributed by atoms with Crippen molar-refractivity contribution in [2.45, 2.75) is 12.6 Å². The molecule has 4 heteroatoms. The van der Waals surface area contributed by atoms with Gasteiger partial charge in [0, 0.05) is 17.9 Å². The fourth-order valence-electron chi connectivity index (χ4n) is 1.75. The van der Waals surface area contributed by atoms with Crippen LogP contribution in [0.15, 0.2) is 16.8 Å². The average molecular weight is 182 g/mol. The zero-order valence-electron chi connectivity index (χ0n) is 7.86. The van der Waals surface area contributed by atoms with Gasteiger partial charge < -0.3 is 15.2 Å². The second-order valence-electron chi connectivity index (χ2n) is 3.42. The van der Waals surface area contributed by atoms with Gasteiger partial charge >= 0.3 is 0 Å². The Bertz CT molecular complexity index is 273. The van der Waals surface area contributed by atoms with Gasteiger partial charge in [-0.05, 0) is 6.42 Å². The fraction of sp³-hybridized carbons (Fsp3) is 0.667. The topological polar surface area (TPSA) is 56.8 Å². The van der Waals surface area contributed by atoms with E-state index in [4.69, 9.17) is 15.2 Å². The van der Waals surface area contributed by atoms with Crippen LogP contribution in [0.5, 0.6) is 0 Å². The summed E-state index contributed by atoms with van der Waals surface area (Å²) in [5.41, 5.74) is 5.85. The lowest BCUT2D eigenvalue weighted by Gasteiger charge is -2.03. The van der Waals surface area contributed by atoms with E-state index in [1.807, 2.05) is 6.08 Å². The third-order valence-corrected chi connectivity index (χ3v) is 2.63. The predicted molar refractivity (Wildman–Crippen MR) is 49.1 cm³/mol. The summed E-state index contributed by atoms with van der Waals surface area (Å²) in [6.07, 6.45) is 2.78. The molecule has 2 rings (SSSR count). The van der Waals surface area contributed by atoms with E-state index in [9.17, 15) is 0 Å². The van der Waals surface area contributed by atoms with E-state index in [1.54, 1.807) is 14.2 Å². The van der Waals surface area contributed by atoms with Gasteiger partial charge in [0.05, 0.1) is 14.2 Å². The summed E-state index contributed by atoms with van der Waals surface area (Å²) < 4.78 is 10.3. The summed E-state index contributed by atoms with van der Waals surface area (Å²) in [6, 6.07) is 0. The molecule has 0 saturated heterocycles. The van der Waals surface area contributed by atoms with Gasteiger partial charge in [0.1, 0.15) is 11.9 Å². The minimum atomic E-state index is -0.135. The molecule has 1 saturated carbocycles. The highest BCUT2D eigenvalue weighted by atomic mass is 16.5. The van der Waals surface area contributed by atoms with E-state index in [0.717, 1.165) is 12.2 Å². The lowest BCUT2D eigenvalue weighted by atomic mass is 10.2. The van der Waals surface area contributed by atoms with Crippen LogP contribution in [0.3, 0.4) is 0 Å². The molecule has 1 fully saturated rings. The van der Waals surface area contributed by atoms with Crippen molar-refractivity contribution in [1.29, 1.82) is 0 Å². The van der Waals surface area contributed by atoms with E-state index < -0.39 is 0 Å². The van der Waals surface area contributed by atoms with E-state index >= 15 is 0 Å². The first-order chi connectivity index (χ1) is 6.26. The van der Waals surface area contributed by atoms with Gasteiger partial charge in [-0.15, -0.1) is 0 Å². The first-order valence-corrected chi connectivity index (χ1v) is 4.39. The van der Waals surface area contributed by atoms with Gasteiger partial charge in [-0.2, -0.15) is 0 Å². The Morgan fingerprint density at radius 1 is 1.46 bits per heavy atom. The van der Waals surface area contributed by atoms with Gasteiger partial charge in [0.15, 0.2) is 0 Å². The molecule has 0 aromatic rings. The Morgan fingerprint density at radius 2 is 2.23 bits per heavy atom. The number of nitrogens with two attached hydrogens (primary N) is 1. The summed E-state index contributed by atoms with van der Waals surface area (Å²) in [5.74, 6) is 2.41.